The molecule has 26 heavy (non-hydrogen) atoms. The first-order chi connectivity index (χ1) is 12.1. The Morgan fingerprint density at radius 1 is 1.04 bits per heavy atom. The van der Waals surface area contributed by atoms with E-state index < -0.39 is 5.41 Å². The van der Waals surface area contributed by atoms with Crippen LogP contribution in [0.3, 0.4) is 0 Å². The lowest BCUT2D eigenvalue weighted by Crippen LogP contribution is -2.53. The van der Waals surface area contributed by atoms with Crippen LogP contribution in [0, 0.1) is 5.41 Å². The van der Waals surface area contributed by atoms with E-state index in [4.69, 9.17) is 4.74 Å². The van der Waals surface area contributed by atoms with Gasteiger partial charge in [-0.1, -0.05) is 20.8 Å². The highest BCUT2D eigenvalue weighted by atomic mass is 16.5. The molecule has 1 fully saturated rings. The van der Waals surface area contributed by atoms with Gasteiger partial charge in [0.25, 0.3) is 0 Å². The molecule has 0 saturated carbocycles. The second kappa shape index (κ2) is 7.89. The average molecular weight is 360 g/mol. The number of piperazine rings is 1. The van der Waals surface area contributed by atoms with Gasteiger partial charge in [-0.25, -0.2) is 0 Å². The number of rotatable bonds is 4. The van der Waals surface area contributed by atoms with Crippen molar-refractivity contribution in [1.82, 2.24) is 9.80 Å². The van der Waals surface area contributed by atoms with E-state index in [-0.39, 0.29) is 24.0 Å². The van der Waals surface area contributed by atoms with Crippen LogP contribution in [0.25, 0.3) is 0 Å². The van der Waals surface area contributed by atoms with Gasteiger partial charge in [0.15, 0.2) is 5.78 Å². The van der Waals surface area contributed by atoms with E-state index in [1.165, 1.54) is 6.92 Å². The molecule has 1 heterocycles. The van der Waals surface area contributed by atoms with Gasteiger partial charge in [-0.05, 0) is 25.1 Å². The molecular weight excluding hydrogens is 332 g/mol. The fourth-order valence-corrected chi connectivity index (χ4v) is 3.04. The van der Waals surface area contributed by atoms with Gasteiger partial charge in [-0.3, -0.25) is 14.4 Å². The number of amides is 2. The Morgan fingerprint density at radius 3 is 2.12 bits per heavy atom. The number of carbonyl (C=O) groups excluding carboxylic acids is 3. The Balaban J connectivity index is 2.03. The first-order valence-corrected chi connectivity index (χ1v) is 8.88. The van der Waals surface area contributed by atoms with Crippen molar-refractivity contribution in [3.8, 4) is 5.75 Å². The summed E-state index contributed by atoms with van der Waals surface area (Å²) < 4.78 is 5.32. The molecule has 2 amide bonds. The minimum atomic E-state index is -0.410. The van der Waals surface area contributed by atoms with Crippen LogP contribution in [0.1, 0.15) is 43.6 Å². The number of benzene rings is 1. The second-order valence-corrected chi connectivity index (χ2v) is 7.68. The summed E-state index contributed by atoms with van der Waals surface area (Å²) >= 11 is 0. The third kappa shape index (κ3) is 4.62. The van der Waals surface area contributed by atoms with E-state index in [1.54, 1.807) is 30.2 Å². The molecular formula is C20H28N2O4. The molecule has 142 valence electrons. The van der Waals surface area contributed by atoms with Crippen LogP contribution in [-0.4, -0.2) is 60.7 Å². The van der Waals surface area contributed by atoms with Gasteiger partial charge in [0.2, 0.25) is 11.8 Å². The van der Waals surface area contributed by atoms with Gasteiger partial charge in [0.1, 0.15) is 5.75 Å². The van der Waals surface area contributed by atoms with Crippen LogP contribution in [-0.2, 0) is 16.0 Å². The molecule has 0 aliphatic carbocycles. The molecule has 1 saturated heterocycles. The lowest BCUT2D eigenvalue weighted by molar-refractivity contribution is -0.144. The van der Waals surface area contributed by atoms with E-state index in [1.807, 2.05) is 25.7 Å². The Labute approximate surface area is 155 Å². The quantitative estimate of drug-likeness (QED) is 0.772. The molecule has 6 heteroatoms. The van der Waals surface area contributed by atoms with E-state index in [2.05, 4.69) is 0 Å². The second-order valence-electron chi connectivity index (χ2n) is 7.68. The Hall–Kier alpha value is -2.37. The highest BCUT2D eigenvalue weighted by Gasteiger charge is 2.31. The Morgan fingerprint density at radius 2 is 1.62 bits per heavy atom. The van der Waals surface area contributed by atoms with Crippen LogP contribution in [0.2, 0.25) is 0 Å². The van der Waals surface area contributed by atoms with Crippen LogP contribution in [0.15, 0.2) is 18.2 Å². The van der Waals surface area contributed by atoms with Gasteiger partial charge in [-0.2, -0.15) is 0 Å². The highest BCUT2D eigenvalue weighted by molar-refractivity contribution is 5.94. The lowest BCUT2D eigenvalue weighted by atomic mass is 9.94. The molecule has 0 radical (unpaired) electrons. The number of methoxy groups -OCH3 is 1. The number of hydrogen-bond donors (Lipinski definition) is 0. The van der Waals surface area contributed by atoms with Gasteiger partial charge >= 0.3 is 0 Å². The molecule has 0 unspecified atom stereocenters. The normalized spacial score (nSPS) is 15.0. The third-order valence-corrected chi connectivity index (χ3v) is 4.59. The number of ether oxygens (including phenoxy) is 1. The minimum Gasteiger partial charge on any atom is -0.496 e. The number of hydrogen-bond acceptors (Lipinski definition) is 4. The molecule has 0 bridgehead atoms. The summed E-state index contributed by atoms with van der Waals surface area (Å²) in [6, 6.07) is 5.14. The molecule has 6 nitrogen and oxygen atoms in total. The third-order valence-electron chi connectivity index (χ3n) is 4.59. The zero-order chi connectivity index (χ0) is 19.5. The van der Waals surface area contributed by atoms with Crippen LogP contribution in [0.5, 0.6) is 5.75 Å². The minimum absolute atomic E-state index is 0.0214. The summed E-state index contributed by atoms with van der Waals surface area (Å²) in [5.74, 6) is 0.646. The average Bonchev–Trinajstić information content (AvgIpc) is 2.60. The molecule has 0 aromatic heterocycles. The summed E-state index contributed by atoms with van der Waals surface area (Å²) in [5.41, 5.74) is 0.861. The van der Waals surface area contributed by atoms with Crippen LogP contribution >= 0.6 is 0 Å². The summed E-state index contributed by atoms with van der Waals surface area (Å²) in [7, 11) is 1.55. The van der Waals surface area contributed by atoms with Crippen molar-refractivity contribution in [2.24, 2.45) is 5.41 Å². The lowest BCUT2D eigenvalue weighted by Gasteiger charge is -2.37. The molecule has 1 aliphatic heterocycles. The van der Waals surface area contributed by atoms with Crippen molar-refractivity contribution in [3.63, 3.8) is 0 Å². The molecule has 0 atom stereocenters. The van der Waals surface area contributed by atoms with E-state index in [9.17, 15) is 14.4 Å². The zero-order valence-electron chi connectivity index (χ0n) is 16.3. The molecule has 0 N–H and O–H groups in total. The van der Waals surface area contributed by atoms with Crippen LogP contribution in [0.4, 0.5) is 0 Å². The van der Waals surface area contributed by atoms with Gasteiger partial charge < -0.3 is 14.5 Å². The van der Waals surface area contributed by atoms with Gasteiger partial charge in [0, 0.05) is 42.7 Å². The van der Waals surface area contributed by atoms with Gasteiger partial charge in [-0.15, -0.1) is 0 Å². The highest BCUT2D eigenvalue weighted by Crippen LogP contribution is 2.22. The Bertz CT molecular complexity index is 698. The molecule has 1 aliphatic rings. The number of nitrogens with zero attached hydrogens (tertiary/aromatic N) is 2. The summed E-state index contributed by atoms with van der Waals surface area (Å²) in [6.07, 6.45) is 0.178. The van der Waals surface area contributed by atoms with E-state index in [0.29, 0.717) is 43.1 Å². The monoisotopic (exact) mass is 360 g/mol. The molecule has 2 rings (SSSR count). The predicted molar refractivity (Wildman–Crippen MR) is 99.3 cm³/mol. The summed E-state index contributed by atoms with van der Waals surface area (Å²) in [6.45, 7) is 9.35. The van der Waals surface area contributed by atoms with Crippen molar-refractivity contribution in [2.45, 2.75) is 34.1 Å². The standard InChI is InChI=1S/C20H28N2O4/c1-14(23)15-6-7-17(26-5)16(12-15)13-18(24)21-8-10-22(11-9-21)19(25)20(2,3)4/h6-7,12H,8-11,13H2,1-5H3. The fraction of sp³-hybridized carbons (Fsp3) is 0.550. The van der Waals surface area contributed by atoms with Crippen molar-refractivity contribution >= 4 is 17.6 Å². The molecule has 1 aromatic rings. The first-order valence-electron chi connectivity index (χ1n) is 8.88. The van der Waals surface area contributed by atoms with E-state index in [0.717, 1.165) is 0 Å². The van der Waals surface area contributed by atoms with Gasteiger partial charge in [0.05, 0.1) is 13.5 Å². The van der Waals surface area contributed by atoms with Crippen molar-refractivity contribution in [3.05, 3.63) is 29.3 Å². The maximum atomic E-state index is 12.7. The van der Waals surface area contributed by atoms with Crippen molar-refractivity contribution in [1.29, 1.82) is 0 Å². The Kier molecular flexibility index (Phi) is 6.05. The van der Waals surface area contributed by atoms with Crippen molar-refractivity contribution < 1.29 is 19.1 Å². The SMILES string of the molecule is COc1ccc(C(C)=O)cc1CC(=O)N1CCN(C(=O)C(C)(C)C)CC1. The summed E-state index contributed by atoms with van der Waals surface area (Å²) in [5, 5.41) is 0. The van der Waals surface area contributed by atoms with Crippen LogP contribution < -0.4 is 4.74 Å². The topological polar surface area (TPSA) is 66.9 Å². The maximum absolute atomic E-state index is 12.7. The number of Topliss-reactive ketones (excluding diaryl/α,β-unsaturated/α-hetero) is 1. The largest absolute Gasteiger partial charge is 0.496 e. The smallest absolute Gasteiger partial charge is 0.228 e. The number of ketones is 1. The summed E-state index contributed by atoms with van der Waals surface area (Å²) in [4.78, 5) is 40.2. The van der Waals surface area contributed by atoms with E-state index >= 15 is 0 Å². The number of carbonyl (C=O) groups is 3. The zero-order valence-corrected chi connectivity index (χ0v) is 16.3. The predicted octanol–water partition coefficient (Wildman–Crippen LogP) is 2.16. The molecule has 0 spiro atoms. The maximum Gasteiger partial charge on any atom is 0.228 e. The van der Waals surface area contributed by atoms with Crippen molar-refractivity contribution in [2.75, 3.05) is 33.3 Å². The molecule has 1 aromatic carbocycles. The first kappa shape index (κ1) is 19.9. The fourth-order valence-electron chi connectivity index (χ4n) is 3.04.